The molecule has 0 saturated heterocycles. The lowest BCUT2D eigenvalue weighted by molar-refractivity contribution is 0.587. The van der Waals surface area contributed by atoms with Crippen LogP contribution in [0, 0.1) is 0 Å². The highest BCUT2D eigenvalue weighted by Crippen LogP contribution is 2.31. The van der Waals surface area contributed by atoms with Crippen molar-refractivity contribution >= 4 is 24.8 Å². The lowest BCUT2D eigenvalue weighted by atomic mass is 9.82. The van der Waals surface area contributed by atoms with Crippen molar-refractivity contribution in [2.45, 2.75) is 38.0 Å². The summed E-state index contributed by atoms with van der Waals surface area (Å²) >= 11 is 4.47. The first-order chi connectivity index (χ1) is 7.40. The van der Waals surface area contributed by atoms with E-state index in [9.17, 15) is 0 Å². The fourth-order valence-electron chi connectivity index (χ4n) is 1.83. The van der Waals surface area contributed by atoms with E-state index in [4.69, 9.17) is 0 Å². The maximum atomic E-state index is 4.47. The molecule has 0 atom stereocenters. The molecule has 0 aliphatic rings. The maximum absolute atomic E-state index is 4.47. The van der Waals surface area contributed by atoms with Crippen molar-refractivity contribution in [2.24, 2.45) is 0 Å². The first-order valence-corrected chi connectivity index (χ1v) is 5.97. The third-order valence-corrected chi connectivity index (χ3v) is 2.81. The lowest BCUT2D eigenvalue weighted by Crippen LogP contribution is -2.13. The highest BCUT2D eigenvalue weighted by molar-refractivity contribution is 7.80. The Morgan fingerprint density at radius 3 is 2.31 bits per heavy atom. The second-order valence-corrected chi connectivity index (χ2v) is 5.47. The summed E-state index contributed by atoms with van der Waals surface area (Å²) in [6, 6.07) is 4.21. The number of allylic oxidation sites excluding steroid dienone is 1. The molecule has 0 unspecified atom stereocenters. The predicted molar refractivity (Wildman–Crippen MR) is 77.2 cm³/mol. The van der Waals surface area contributed by atoms with Gasteiger partial charge in [-0.05, 0) is 41.2 Å². The Balaban J connectivity index is 3.54. The molecule has 0 aliphatic heterocycles. The van der Waals surface area contributed by atoms with Gasteiger partial charge in [0.1, 0.15) is 0 Å². The zero-order valence-corrected chi connectivity index (χ0v) is 11.4. The van der Waals surface area contributed by atoms with Gasteiger partial charge in [0.05, 0.1) is 0 Å². The lowest BCUT2D eigenvalue weighted by Gasteiger charge is -2.23. The minimum Gasteiger partial charge on any atom is -0.143 e. The van der Waals surface area contributed by atoms with Gasteiger partial charge in [-0.15, -0.1) is 12.6 Å². The van der Waals surface area contributed by atoms with Gasteiger partial charge in [-0.2, -0.15) is 0 Å². The van der Waals surface area contributed by atoms with E-state index in [0.29, 0.717) is 0 Å². The first kappa shape index (κ1) is 13.1. The Morgan fingerprint density at radius 2 is 1.88 bits per heavy atom. The molecule has 0 nitrogen and oxygen atoms in total. The van der Waals surface area contributed by atoms with Crippen LogP contribution in [0.5, 0.6) is 0 Å². The molecule has 0 aliphatic carbocycles. The summed E-state index contributed by atoms with van der Waals surface area (Å²) in [5.74, 6) is 0. The van der Waals surface area contributed by atoms with Crippen LogP contribution in [0.2, 0.25) is 0 Å². The van der Waals surface area contributed by atoms with E-state index >= 15 is 0 Å². The minimum absolute atomic E-state index is 0.110. The standard InChI is InChI=1S/C15H20S/c1-6-8-11-9-12(16)10-14(13(11)7-2)15(3,4)5/h6-10,16H,2H2,1,3-5H3/b8-6-. The molecule has 1 rings (SSSR count). The SMILES string of the molecule is C=Cc1c(/C=C\C)cc(S)cc1C(C)(C)C. The molecule has 0 aromatic heterocycles. The van der Waals surface area contributed by atoms with Gasteiger partial charge in [0, 0.05) is 4.90 Å². The fourth-order valence-corrected chi connectivity index (χ4v) is 2.09. The minimum atomic E-state index is 0.110. The molecule has 86 valence electrons. The number of benzene rings is 1. The van der Waals surface area contributed by atoms with Crippen LogP contribution < -0.4 is 0 Å². The van der Waals surface area contributed by atoms with E-state index in [1.54, 1.807) is 0 Å². The van der Waals surface area contributed by atoms with Crippen LogP contribution in [0.1, 0.15) is 44.4 Å². The van der Waals surface area contributed by atoms with E-state index < -0.39 is 0 Å². The Kier molecular flexibility index (Phi) is 4.03. The zero-order chi connectivity index (χ0) is 12.3. The van der Waals surface area contributed by atoms with Crippen LogP contribution in [0.4, 0.5) is 0 Å². The zero-order valence-electron chi connectivity index (χ0n) is 10.5. The number of thiol groups is 1. The van der Waals surface area contributed by atoms with Crippen molar-refractivity contribution in [3.05, 3.63) is 41.5 Å². The molecule has 0 radical (unpaired) electrons. The van der Waals surface area contributed by atoms with Crippen molar-refractivity contribution < 1.29 is 0 Å². The fraction of sp³-hybridized carbons (Fsp3) is 0.333. The van der Waals surface area contributed by atoms with Gasteiger partial charge in [0.2, 0.25) is 0 Å². The Bertz CT molecular complexity index is 420. The van der Waals surface area contributed by atoms with Crippen LogP contribution >= 0.6 is 12.6 Å². The molecule has 1 aromatic carbocycles. The number of hydrogen-bond donors (Lipinski definition) is 1. The van der Waals surface area contributed by atoms with E-state index in [1.165, 1.54) is 16.7 Å². The maximum Gasteiger partial charge on any atom is 0.00493 e. The molecule has 0 spiro atoms. The Hall–Kier alpha value is -0.950. The van der Waals surface area contributed by atoms with Crippen molar-refractivity contribution in [3.63, 3.8) is 0 Å². The van der Waals surface area contributed by atoms with Gasteiger partial charge < -0.3 is 0 Å². The van der Waals surface area contributed by atoms with E-state index in [2.05, 4.69) is 58.2 Å². The third kappa shape index (κ3) is 2.79. The van der Waals surface area contributed by atoms with Crippen LogP contribution in [0.25, 0.3) is 12.2 Å². The highest BCUT2D eigenvalue weighted by Gasteiger charge is 2.18. The smallest absolute Gasteiger partial charge is 0.00493 e. The quantitative estimate of drug-likeness (QED) is 0.685. The molecule has 1 heteroatoms. The Labute approximate surface area is 104 Å². The molecule has 0 amide bonds. The summed E-state index contributed by atoms with van der Waals surface area (Å²) in [6.45, 7) is 12.6. The van der Waals surface area contributed by atoms with E-state index in [-0.39, 0.29) is 5.41 Å². The molecular formula is C15H20S. The average Bonchev–Trinajstić information content (AvgIpc) is 2.16. The molecule has 0 heterocycles. The molecule has 0 saturated carbocycles. The topological polar surface area (TPSA) is 0 Å². The molecule has 1 aromatic rings. The normalized spacial score (nSPS) is 12.1. The summed E-state index contributed by atoms with van der Waals surface area (Å²) < 4.78 is 0. The van der Waals surface area contributed by atoms with Gasteiger partial charge in [-0.3, -0.25) is 0 Å². The molecule has 0 N–H and O–H groups in total. The summed E-state index contributed by atoms with van der Waals surface area (Å²) in [4.78, 5) is 1.00. The molecule has 0 fully saturated rings. The van der Waals surface area contributed by atoms with Crippen molar-refractivity contribution in [1.82, 2.24) is 0 Å². The van der Waals surface area contributed by atoms with Gasteiger partial charge in [-0.25, -0.2) is 0 Å². The predicted octanol–water partition coefficient (Wildman–Crippen LogP) is 4.95. The largest absolute Gasteiger partial charge is 0.143 e. The van der Waals surface area contributed by atoms with Gasteiger partial charge in [0.25, 0.3) is 0 Å². The second kappa shape index (κ2) is 4.92. The van der Waals surface area contributed by atoms with E-state index in [1.807, 2.05) is 19.1 Å². The van der Waals surface area contributed by atoms with Crippen LogP contribution in [-0.4, -0.2) is 0 Å². The summed E-state index contributed by atoms with van der Waals surface area (Å²) in [6.07, 6.45) is 6.08. The second-order valence-electron chi connectivity index (χ2n) is 4.95. The van der Waals surface area contributed by atoms with Crippen molar-refractivity contribution in [3.8, 4) is 0 Å². The summed E-state index contributed by atoms with van der Waals surface area (Å²) in [7, 11) is 0. The van der Waals surface area contributed by atoms with Crippen molar-refractivity contribution in [2.75, 3.05) is 0 Å². The van der Waals surface area contributed by atoms with Crippen molar-refractivity contribution in [1.29, 1.82) is 0 Å². The molecule has 16 heavy (non-hydrogen) atoms. The monoisotopic (exact) mass is 232 g/mol. The number of hydrogen-bond acceptors (Lipinski definition) is 1. The molecular weight excluding hydrogens is 212 g/mol. The van der Waals surface area contributed by atoms with Gasteiger partial charge in [0.15, 0.2) is 0 Å². The van der Waals surface area contributed by atoms with Crippen LogP contribution in [0.3, 0.4) is 0 Å². The van der Waals surface area contributed by atoms with Crippen LogP contribution in [0.15, 0.2) is 29.7 Å². The average molecular weight is 232 g/mol. The van der Waals surface area contributed by atoms with E-state index in [0.717, 1.165) is 4.90 Å². The molecule has 0 bridgehead atoms. The summed E-state index contributed by atoms with van der Waals surface area (Å²) in [5, 5.41) is 0. The Morgan fingerprint density at radius 1 is 1.25 bits per heavy atom. The van der Waals surface area contributed by atoms with Gasteiger partial charge >= 0.3 is 0 Å². The third-order valence-electron chi connectivity index (χ3n) is 2.56. The first-order valence-electron chi connectivity index (χ1n) is 5.52. The van der Waals surface area contributed by atoms with Gasteiger partial charge in [-0.1, -0.05) is 45.6 Å². The van der Waals surface area contributed by atoms with Crippen LogP contribution in [-0.2, 0) is 5.41 Å². The summed E-state index contributed by atoms with van der Waals surface area (Å²) in [5.41, 5.74) is 3.81. The highest BCUT2D eigenvalue weighted by atomic mass is 32.1. The number of rotatable bonds is 2.